The molecule has 0 bridgehead atoms. The second-order valence-corrected chi connectivity index (χ2v) is 2.55. The molecule has 1 aliphatic heterocycles. The molecule has 0 saturated heterocycles. The van der Waals surface area contributed by atoms with Crippen molar-refractivity contribution in [3.8, 4) is 0 Å². The molecule has 0 unspecified atom stereocenters. The Morgan fingerprint density at radius 2 is 2.75 bits per heavy atom. The first-order chi connectivity index (χ1) is 3.97. The number of nitrogens with zero attached hydrogens (tertiary/aromatic N) is 1. The van der Waals surface area contributed by atoms with Gasteiger partial charge in [0.2, 0.25) is 8.96 Å². The van der Waals surface area contributed by atoms with Crippen molar-refractivity contribution in [1.29, 1.82) is 0 Å². The highest BCUT2D eigenvalue weighted by Crippen LogP contribution is 2.28. The second-order valence-electron chi connectivity index (χ2n) is 1.70. The number of aromatic nitrogens is 1. The normalized spacial score (nSPS) is 19.5. The lowest BCUT2D eigenvalue weighted by atomic mass is 10.5. The van der Waals surface area contributed by atoms with Crippen LogP contribution in [-0.2, 0) is 11.1 Å². The highest BCUT2D eigenvalue weighted by atomic mass is 31.1. The molecule has 0 amide bonds. The monoisotopic (exact) mass is 126 g/mol. The molecule has 1 radical (unpaired) electrons. The lowest BCUT2D eigenvalue weighted by Crippen LogP contribution is -1.77. The van der Waals surface area contributed by atoms with Crippen LogP contribution >= 0.6 is 8.96 Å². The Morgan fingerprint density at radius 3 is 3.62 bits per heavy atom. The second kappa shape index (κ2) is 1.57. The average molecular weight is 126 g/mol. The lowest BCUT2D eigenvalue weighted by molar-refractivity contribution is 0.369. The van der Waals surface area contributed by atoms with Gasteiger partial charge in [0.05, 0.1) is 12.3 Å². The van der Waals surface area contributed by atoms with Crippen LogP contribution in [0.3, 0.4) is 0 Å². The van der Waals surface area contributed by atoms with E-state index in [1.54, 1.807) is 0 Å². The third kappa shape index (κ3) is 0.504. The summed E-state index contributed by atoms with van der Waals surface area (Å²) in [6.45, 7) is 0.772. The van der Waals surface area contributed by atoms with Crippen molar-refractivity contribution in [2.24, 2.45) is 0 Å². The van der Waals surface area contributed by atoms with Crippen LogP contribution in [0, 0.1) is 0 Å². The molecule has 0 N–H and O–H groups in total. The van der Waals surface area contributed by atoms with Crippen LogP contribution in [0.2, 0.25) is 0 Å². The van der Waals surface area contributed by atoms with Crippen LogP contribution in [-0.4, -0.2) is 4.34 Å². The zero-order valence-corrected chi connectivity index (χ0v) is 5.14. The summed E-state index contributed by atoms with van der Waals surface area (Å²) >= 11 is 0. The first-order valence-electron chi connectivity index (χ1n) is 2.46. The topological polar surface area (TPSA) is 14.2 Å². The maximum Gasteiger partial charge on any atom is 0.215 e. The minimum absolute atomic E-state index is 0.772. The van der Waals surface area contributed by atoms with E-state index in [1.165, 1.54) is 5.69 Å². The molecule has 8 heavy (non-hydrogen) atoms. The first kappa shape index (κ1) is 4.54. The van der Waals surface area contributed by atoms with Crippen LogP contribution in [0.1, 0.15) is 5.69 Å². The molecule has 3 heteroatoms. The van der Waals surface area contributed by atoms with Crippen LogP contribution in [0.25, 0.3) is 0 Å². The van der Waals surface area contributed by atoms with E-state index >= 15 is 0 Å². The molecule has 0 spiro atoms. The molecular weight excluding hydrogens is 121 g/mol. The van der Waals surface area contributed by atoms with Crippen molar-refractivity contribution < 1.29 is 4.52 Å². The number of hydrogen-bond acceptors (Lipinski definition) is 1. The highest BCUT2D eigenvalue weighted by molar-refractivity contribution is 7.30. The zero-order valence-electron chi connectivity index (χ0n) is 4.24. The fraction of sp³-hybridized carbons (Fsp3) is 0.200. The first-order valence-corrected chi connectivity index (χ1v) is 3.23. The van der Waals surface area contributed by atoms with Gasteiger partial charge in [0.1, 0.15) is 0 Å². The SMILES string of the molecule is c1cc2n(c1)[P]OC2. The van der Waals surface area contributed by atoms with Gasteiger partial charge in [-0.15, -0.1) is 0 Å². The summed E-state index contributed by atoms with van der Waals surface area (Å²) in [5.41, 5.74) is 1.27. The highest BCUT2D eigenvalue weighted by Gasteiger charge is 2.08. The largest absolute Gasteiger partial charge is 0.326 e. The summed E-state index contributed by atoms with van der Waals surface area (Å²) in [6.07, 6.45) is 2.02. The van der Waals surface area contributed by atoms with Crippen molar-refractivity contribution in [1.82, 2.24) is 4.34 Å². The zero-order chi connectivity index (χ0) is 5.40. The predicted molar refractivity (Wildman–Crippen MR) is 31.5 cm³/mol. The number of rotatable bonds is 0. The van der Waals surface area contributed by atoms with E-state index in [4.69, 9.17) is 4.52 Å². The summed E-state index contributed by atoms with van der Waals surface area (Å²) in [6, 6.07) is 4.10. The van der Waals surface area contributed by atoms with Crippen LogP contribution in [0.15, 0.2) is 18.3 Å². The van der Waals surface area contributed by atoms with Gasteiger partial charge >= 0.3 is 0 Å². The Labute approximate surface area is 49.4 Å². The van der Waals surface area contributed by atoms with E-state index in [0.717, 1.165) is 15.6 Å². The molecule has 1 aliphatic rings. The van der Waals surface area contributed by atoms with Gasteiger partial charge < -0.3 is 4.52 Å². The molecule has 1 aromatic rings. The number of fused-ring (bicyclic) bond motifs is 1. The maximum absolute atomic E-state index is 5.09. The third-order valence-corrected chi connectivity index (χ3v) is 1.98. The molecule has 0 aliphatic carbocycles. The minimum atomic E-state index is 0.772. The Balaban J connectivity index is 2.54. The van der Waals surface area contributed by atoms with Crippen molar-refractivity contribution in [3.63, 3.8) is 0 Å². The van der Waals surface area contributed by atoms with E-state index < -0.39 is 0 Å². The van der Waals surface area contributed by atoms with Crippen molar-refractivity contribution in [2.45, 2.75) is 6.61 Å². The lowest BCUT2D eigenvalue weighted by Gasteiger charge is -1.84. The van der Waals surface area contributed by atoms with Gasteiger partial charge in [0.25, 0.3) is 0 Å². The van der Waals surface area contributed by atoms with Gasteiger partial charge in [-0.1, -0.05) is 0 Å². The summed E-state index contributed by atoms with van der Waals surface area (Å²) in [5.74, 6) is 0. The van der Waals surface area contributed by atoms with Gasteiger partial charge in [-0.2, -0.15) is 0 Å². The average Bonchev–Trinajstić information content (AvgIpc) is 2.15. The Kier molecular flexibility index (Phi) is 0.893. The fourth-order valence-corrected chi connectivity index (χ4v) is 1.43. The van der Waals surface area contributed by atoms with E-state index in [-0.39, 0.29) is 0 Å². The third-order valence-electron chi connectivity index (χ3n) is 1.17. The van der Waals surface area contributed by atoms with E-state index in [2.05, 4.69) is 10.4 Å². The Morgan fingerprint density at radius 1 is 1.75 bits per heavy atom. The van der Waals surface area contributed by atoms with E-state index in [1.807, 2.05) is 12.3 Å². The summed E-state index contributed by atoms with van der Waals surface area (Å²) < 4.78 is 7.16. The number of hydrogen-bond donors (Lipinski definition) is 0. The fourth-order valence-electron chi connectivity index (χ4n) is 0.759. The standard InChI is InChI=1S/C5H5NOP/c1-2-5-4-7-8-6(5)3-1/h1-3H,4H2. The van der Waals surface area contributed by atoms with Gasteiger partial charge in [0.15, 0.2) is 0 Å². The van der Waals surface area contributed by atoms with Crippen LogP contribution in [0.4, 0.5) is 0 Å². The smallest absolute Gasteiger partial charge is 0.215 e. The maximum atomic E-state index is 5.09. The predicted octanol–water partition coefficient (Wildman–Crippen LogP) is 1.64. The van der Waals surface area contributed by atoms with Crippen LogP contribution in [0.5, 0.6) is 0 Å². The molecule has 0 aromatic carbocycles. The molecule has 0 fully saturated rings. The summed E-state index contributed by atoms with van der Waals surface area (Å²) in [4.78, 5) is 0. The molecule has 0 atom stereocenters. The molecule has 2 nitrogen and oxygen atoms in total. The van der Waals surface area contributed by atoms with Crippen molar-refractivity contribution in [3.05, 3.63) is 24.0 Å². The summed E-state index contributed by atoms with van der Waals surface area (Å²) in [7, 11) is 0.956. The van der Waals surface area contributed by atoms with E-state index in [9.17, 15) is 0 Å². The quantitative estimate of drug-likeness (QED) is 0.482. The molecule has 2 heterocycles. The van der Waals surface area contributed by atoms with Gasteiger partial charge in [0, 0.05) is 6.20 Å². The molecule has 41 valence electrons. The molecule has 2 rings (SSSR count). The molecule has 0 saturated carbocycles. The summed E-state index contributed by atoms with van der Waals surface area (Å²) in [5, 5.41) is 0. The van der Waals surface area contributed by atoms with Gasteiger partial charge in [-0.05, 0) is 12.1 Å². The van der Waals surface area contributed by atoms with Gasteiger partial charge in [-0.25, -0.2) is 0 Å². The van der Waals surface area contributed by atoms with Crippen molar-refractivity contribution in [2.75, 3.05) is 0 Å². The molecular formula is C5H5NOP. The van der Waals surface area contributed by atoms with E-state index in [0.29, 0.717) is 0 Å². The Hall–Kier alpha value is -0.330. The van der Waals surface area contributed by atoms with Crippen molar-refractivity contribution >= 4 is 8.96 Å². The van der Waals surface area contributed by atoms with Crippen LogP contribution < -0.4 is 0 Å². The minimum Gasteiger partial charge on any atom is -0.326 e. The molecule has 1 aromatic heterocycles. The van der Waals surface area contributed by atoms with Gasteiger partial charge in [-0.3, -0.25) is 4.34 Å². The Bertz CT molecular complexity index is 178.